The van der Waals surface area contributed by atoms with Crippen LogP contribution in [-0.2, 0) is 10.0 Å². The van der Waals surface area contributed by atoms with Crippen LogP contribution in [0, 0.1) is 5.82 Å². The van der Waals surface area contributed by atoms with E-state index in [-0.39, 0.29) is 9.37 Å². The summed E-state index contributed by atoms with van der Waals surface area (Å²) in [5.74, 6) is 0.458. The summed E-state index contributed by atoms with van der Waals surface area (Å²) < 4.78 is 40.9. The van der Waals surface area contributed by atoms with Gasteiger partial charge in [-0.15, -0.1) is 0 Å². The first-order chi connectivity index (χ1) is 8.86. The molecule has 100 valence electrons. The van der Waals surface area contributed by atoms with E-state index in [9.17, 15) is 12.8 Å². The van der Waals surface area contributed by atoms with E-state index in [0.717, 1.165) is 0 Å². The second-order valence-electron chi connectivity index (χ2n) is 3.69. The molecule has 0 heterocycles. The SMILES string of the molecule is NS(=O)(=O)c1ccc(Oc2ccc(F)c(Br)c2)cc1. The zero-order chi connectivity index (χ0) is 14.0. The molecule has 0 saturated carbocycles. The van der Waals surface area contributed by atoms with Crippen LogP contribution in [0.25, 0.3) is 0 Å². The minimum absolute atomic E-state index is 0.000127. The second-order valence-corrected chi connectivity index (χ2v) is 6.11. The van der Waals surface area contributed by atoms with Crippen molar-refractivity contribution in [2.24, 2.45) is 5.14 Å². The van der Waals surface area contributed by atoms with Crippen molar-refractivity contribution < 1.29 is 17.5 Å². The molecule has 0 fully saturated rings. The van der Waals surface area contributed by atoms with Crippen LogP contribution in [0.1, 0.15) is 0 Å². The van der Waals surface area contributed by atoms with Gasteiger partial charge in [-0.1, -0.05) is 0 Å². The van der Waals surface area contributed by atoms with Crippen molar-refractivity contribution in [2.75, 3.05) is 0 Å². The molecule has 0 unspecified atom stereocenters. The number of hydrogen-bond donors (Lipinski definition) is 1. The normalized spacial score (nSPS) is 11.3. The Morgan fingerprint density at radius 2 is 1.63 bits per heavy atom. The number of halogens is 2. The Labute approximate surface area is 118 Å². The second kappa shape index (κ2) is 5.28. The van der Waals surface area contributed by atoms with E-state index in [1.54, 1.807) is 0 Å². The molecular formula is C12H9BrFNO3S. The molecule has 7 heteroatoms. The molecular weight excluding hydrogens is 337 g/mol. The van der Waals surface area contributed by atoms with Crippen LogP contribution in [0.5, 0.6) is 11.5 Å². The lowest BCUT2D eigenvalue weighted by molar-refractivity contribution is 0.479. The molecule has 2 rings (SSSR count). The van der Waals surface area contributed by atoms with E-state index >= 15 is 0 Å². The van der Waals surface area contributed by atoms with E-state index in [4.69, 9.17) is 9.88 Å². The lowest BCUT2D eigenvalue weighted by atomic mass is 10.3. The Bertz CT molecular complexity index is 701. The summed E-state index contributed by atoms with van der Waals surface area (Å²) >= 11 is 3.05. The van der Waals surface area contributed by atoms with E-state index in [1.807, 2.05) is 0 Å². The van der Waals surface area contributed by atoms with Crippen LogP contribution in [-0.4, -0.2) is 8.42 Å². The third-order valence-electron chi connectivity index (χ3n) is 2.28. The van der Waals surface area contributed by atoms with Crippen molar-refractivity contribution in [1.82, 2.24) is 0 Å². The van der Waals surface area contributed by atoms with Crippen molar-refractivity contribution >= 4 is 26.0 Å². The third kappa shape index (κ3) is 3.52. The van der Waals surface area contributed by atoms with Crippen LogP contribution in [0.3, 0.4) is 0 Å². The predicted molar refractivity (Wildman–Crippen MR) is 72.0 cm³/mol. The smallest absolute Gasteiger partial charge is 0.238 e. The predicted octanol–water partition coefficient (Wildman–Crippen LogP) is 3.03. The standard InChI is InChI=1S/C12H9BrFNO3S/c13-11-7-9(3-6-12(11)14)18-8-1-4-10(5-2-8)19(15,16)17/h1-7H,(H2,15,16,17). The van der Waals surface area contributed by atoms with Crippen LogP contribution in [0.2, 0.25) is 0 Å². The highest BCUT2D eigenvalue weighted by Gasteiger charge is 2.08. The Kier molecular flexibility index (Phi) is 3.88. The highest BCUT2D eigenvalue weighted by atomic mass is 79.9. The number of primary sulfonamides is 1. The van der Waals surface area contributed by atoms with Gasteiger partial charge in [-0.3, -0.25) is 0 Å². The Morgan fingerprint density at radius 1 is 1.05 bits per heavy atom. The van der Waals surface area contributed by atoms with Gasteiger partial charge in [0.1, 0.15) is 17.3 Å². The summed E-state index contributed by atoms with van der Waals surface area (Å²) in [6.45, 7) is 0. The average Bonchev–Trinajstić information content (AvgIpc) is 2.33. The van der Waals surface area contributed by atoms with Crippen molar-refractivity contribution in [3.63, 3.8) is 0 Å². The topological polar surface area (TPSA) is 69.4 Å². The van der Waals surface area contributed by atoms with Gasteiger partial charge in [0.05, 0.1) is 9.37 Å². The number of ether oxygens (including phenoxy) is 1. The van der Waals surface area contributed by atoms with Gasteiger partial charge in [-0.05, 0) is 58.4 Å². The molecule has 0 bridgehead atoms. The summed E-state index contributed by atoms with van der Waals surface area (Å²) in [4.78, 5) is 0.000127. The number of hydrogen-bond acceptors (Lipinski definition) is 3. The first kappa shape index (κ1) is 14.0. The minimum Gasteiger partial charge on any atom is -0.457 e. The first-order valence-corrected chi connectivity index (χ1v) is 7.46. The zero-order valence-electron chi connectivity index (χ0n) is 9.51. The highest BCUT2D eigenvalue weighted by Crippen LogP contribution is 2.26. The molecule has 0 aromatic heterocycles. The van der Waals surface area contributed by atoms with Gasteiger partial charge in [0.15, 0.2) is 0 Å². The van der Waals surface area contributed by atoms with Crippen LogP contribution in [0.4, 0.5) is 4.39 Å². The van der Waals surface area contributed by atoms with E-state index in [2.05, 4.69) is 15.9 Å². The van der Waals surface area contributed by atoms with Gasteiger partial charge in [0.25, 0.3) is 0 Å². The van der Waals surface area contributed by atoms with E-state index in [0.29, 0.717) is 11.5 Å². The summed E-state index contributed by atoms with van der Waals surface area (Å²) in [6.07, 6.45) is 0. The largest absolute Gasteiger partial charge is 0.457 e. The first-order valence-electron chi connectivity index (χ1n) is 5.12. The van der Waals surface area contributed by atoms with Crippen LogP contribution in [0.15, 0.2) is 51.8 Å². The van der Waals surface area contributed by atoms with Crippen molar-refractivity contribution in [2.45, 2.75) is 4.90 Å². The molecule has 0 amide bonds. The van der Waals surface area contributed by atoms with Gasteiger partial charge >= 0.3 is 0 Å². The molecule has 0 aliphatic heterocycles. The highest BCUT2D eigenvalue weighted by molar-refractivity contribution is 9.10. The molecule has 0 saturated heterocycles. The van der Waals surface area contributed by atoms with E-state index in [1.165, 1.54) is 42.5 Å². The summed E-state index contributed by atoms with van der Waals surface area (Å²) in [7, 11) is -3.72. The monoisotopic (exact) mass is 345 g/mol. The number of benzene rings is 2. The van der Waals surface area contributed by atoms with Crippen molar-refractivity contribution in [3.05, 3.63) is 52.8 Å². The summed E-state index contributed by atoms with van der Waals surface area (Å²) in [5, 5.41) is 4.98. The van der Waals surface area contributed by atoms with Crippen LogP contribution < -0.4 is 9.88 Å². The zero-order valence-corrected chi connectivity index (χ0v) is 11.9. The molecule has 0 aliphatic rings. The maximum Gasteiger partial charge on any atom is 0.238 e. The maximum atomic E-state index is 13.0. The molecule has 0 radical (unpaired) electrons. The van der Waals surface area contributed by atoms with Gasteiger partial charge in [0, 0.05) is 0 Å². The average molecular weight is 346 g/mol. The molecule has 19 heavy (non-hydrogen) atoms. The molecule has 2 N–H and O–H groups in total. The van der Waals surface area contributed by atoms with Gasteiger partial charge in [-0.2, -0.15) is 0 Å². The Morgan fingerprint density at radius 3 is 2.16 bits per heavy atom. The van der Waals surface area contributed by atoms with Gasteiger partial charge in [-0.25, -0.2) is 17.9 Å². The van der Waals surface area contributed by atoms with Crippen molar-refractivity contribution in [1.29, 1.82) is 0 Å². The summed E-state index contributed by atoms with van der Waals surface area (Å²) in [6, 6.07) is 9.81. The number of rotatable bonds is 3. The Balaban J connectivity index is 2.22. The molecule has 2 aromatic rings. The fourth-order valence-electron chi connectivity index (χ4n) is 1.37. The minimum atomic E-state index is -3.72. The molecule has 0 spiro atoms. The number of nitrogens with two attached hydrogens (primary N) is 1. The quantitative estimate of drug-likeness (QED) is 0.929. The van der Waals surface area contributed by atoms with Crippen molar-refractivity contribution in [3.8, 4) is 11.5 Å². The summed E-state index contributed by atoms with van der Waals surface area (Å²) in [5.41, 5.74) is 0. The van der Waals surface area contributed by atoms with Gasteiger partial charge in [0.2, 0.25) is 10.0 Å². The maximum absolute atomic E-state index is 13.0. The van der Waals surface area contributed by atoms with E-state index < -0.39 is 15.8 Å². The fraction of sp³-hybridized carbons (Fsp3) is 0. The van der Waals surface area contributed by atoms with Gasteiger partial charge < -0.3 is 4.74 Å². The molecule has 4 nitrogen and oxygen atoms in total. The number of sulfonamides is 1. The third-order valence-corrected chi connectivity index (χ3v) is 3.82. The lowest BCUT2D eigenvalue weighted by Gasteiger charge is -2.07. The molecule has 0 atom stereocenters. The fourth-order valence-corrected chi connectivity index (χ4v) is 2.25. The molecule has 0 aliphatic carbocycles. The Hall–Kier alpha value is -1.44. The van der Waals surface area contributed by atoms with Crippen LogP contribution >= 0.6 is 15.9 Å². The lowest BCUT2D eigenvalue weighted by Crippen LogP contribution is -2.11. The molecule has 2 aromatic carbocycles.